The number of sulfonamides is 1. The topological polar surface area (TPSA) is 120 Å². The van der Waals surface area contributed by atoms with Crippen molar-refractivity contribution in [3.05, 3.63) is 42.0 Å². The zero-order chi connectivity index (χ0) is 20.3. The molecule has 0 radical (unpaired) electrons. The van der Waals surface area contributed by atoms with Crippen LogP contribution in [-0.2, 0) is 10.0 Å². The van der Waals surface area contributed by atoms with Gasteiger partial charge in [-0.1, -0.05) is 6.07 Å². The van der Waals surface area contributed by atoms with Crippen LogP contribution in [0.1, 0.15) is 16.8 Å². The summed E-state index contributed by atoms with van der Waals surface area (Å²) in [5.41, 5.74) is 1.28. The molecule has 0 saturated carbocycles. The van der Waals surface area contributed by atoms with Crippen molar-refractivity contribution in [2.75, 3.05) is 26.3 Å². The van der Waals surface area contributed by atoms with Gasteiger partial charge < -0.3 is 14.8 Å². The highest BCUT2D eigenvalue weighted by atomic mass is 32.2. The van der Waals surface area contributed by atoms with Crippen molar-refractivity contribution in [1.29, 1.82) is 0 Å². The molecule has 0 unspecified atom stereocenters. The number of aromatic nitrogens is 2. The molecule has 29 heavy (non-hydrogen) atoms. The van der Waals surface area contributed by atoms with Crippen LogP contribution in [0, 0.1) is 0 Å². The van der Waals surface area contributed by atoms with Crippen molar-refractivity contribution in [2.24, 2.45) is 0 Å². The normalized spacial score (nSPS) is 13.8. The van der Waals surface area contributed by atoms with Gasteiger partial charge in [0, 0.05) is 25.1 Å². The van der Waals surface area contributed by atoms with E-state index >= 15 is 0 Å². The number of nitrogens with zero attached hydrogens (tertiary/aromatic N) is 2. The molecule has 11 heteroatoms. The van der Waals surface area contributed by atoms with Crippen molar-refractivity contribution in [1.82, 2.24) is 18.8 Å². The molecule has 2 N–H and O–H groups in total. The van der Waals surface area contributed by atoms with Crippen LogP contribution in [0.25, 0.3) is 11.0 Å². The molecule has 2 heterocycles. The van der Waals surface area contributed by atoms with E-state index in [2.05, 4.69) is 18.8 Å². The highest BCUT2D eigenvalue weighted by molar-refractivity contribution is 7.89. The summed E-state index contributed by atoms with van der Waals surface area (Å²) in [4.78, 5) is 12.4. The summed E-state index contributed by atoms with van der Waals surface area (Å²) in [6.45, 7) is 1.26. The van der Waals surface area contributed by atoms with E-state index in [0.29, 0.717) is 41.3 Å². The van der Waals surface area contributed by atoms with Gasteiger partial charge in [-0.3, -0.25) is 4.79 Å². The fourth-order valence-electron chi connectivity index (χ4n) is 2.84. The second-order valence-electron chi connectivity index (χ2n) is 6.25. The Morgan fingerprint density at radius 3 is 2.76 bits per heavy atom. The number of nitrogens with one attached hydrogen (secondary N) is 2. The fourth-order valence-corrected chi connectivity index (χ4v) is 4.64. The summed E-state index contributed by atoms with van der Waals surface area (Å²) in [5, 5.41) is 2.69. The van der Waals surface area contributed by atoms with Gasteiger partial charge in [0.2, 0.25) is 10.0 Å². The highest BCUT2D eigenvalue weighted by Crippen LogP contribution is 2.30. The Bertz CT molecular complexity index is 1150. The molecule has 9 nitrogen and oxygen atoms in total. The van der Waals surface area contributed by atoms with Crippen LogP contribution in [0.15, 0.2) is 41.3 Å². The largest absolute Gasteiger partial charge is 0.490 e. The van der Waals surface area contributed by atoms with E-state index < -0.39 is 10.0 Å². The molecule has 0 bridgehead atoms. The van der Waals surface area contributed by atoms with Crippen molar-refractivity contribution >= 4 is 38.7 Å². The van der Waals surface area contributed by atoms with Crippen LogP contribution < -0.4 is 19.5 Å². The number of hydrogen-bond acceptors (Lipinski definition) is 8. The number of amides is 1. The van der Waals surface area contributed by atoms with Crippen LogP contribution in [-0.4, -0.2) is 49.4 Å². The minimum absolute atomic E-state index is 0.0343. The van der Waals surface area contributed by atoms with Gasteiger partial charge in [-0.15, -0.1) is 0 Å². The maximum atomic E-state index is 12.5. The molecule has 0 fully saturated rings. The first-order valence-corrected chi connectivity index (χ1v) is 11.1. The van der Waals surface area contributed by atoms with Crippen molar-refractivity contribution in [2.45, 2.75) is 11.3 Å². The van der Waals surface area contributed by atoms with Gasteiger partial charge in [-0.05, 0) is 30.3 Å². The van der Waals surface area contributed by atoms with E-state index in [4.69, 9.17) is 9.47 Å². The van der Waals surface area contributed by atoms with Crippen molar-refractivity contribution in [3.8, 4) is 11.5 Å². The number of hydrogen-bond donors (Lipinski definition) is 2. The first-order chi connectivity index (χ1) is 14.0. The summed E-state index contributed by atoms with van der Waals surface area (Å²) in [6.07, 6.45) is 0.779. The lowest BCUT2D eigenvalue weighted by molar-refractivity contribution is 0.0954. The van der Waals surface area contributed by atoms with E-state index in [-0.39, 0.29) is 23.9 Å². The molecule has 0 aliphatic carbocycles. The fraction of sp³-hybridized carbons (Fsp3) is 0.278. The molecular weight excluding hydrogens is 416 g/mol. The van der Waals surface area contributed by atoms with Crippen molar-refractivity contribution in [3.63, 3.8) is 0 Å². The Hall–Kier alpha value is -2.76. The molecule has 1 aliphatic heterocycles. The van der Waals surface area contributed by atoms with Gasteiger partial charge in [0.05, 0.1) is 24.9 Å². The van der Waals surface area contributed by atoms with Crippen LogP contribution in [0.5, 0.6) is 11.5 Å². The molecule has 3 aromatic rings. The maximum absolute atomic E-state index is 12.5. The second-order valence-corrected chi connectivity index (χ2v) is 8.52. The lowest BCUT2D eigenvalue weighted by Gasteiger charge is -2.10. The average Bonchev–Trinajstić information content (AvgIpc) is 3.08. The summed E-state index contributed by atoms with van der Waals surface area (Å²) < 4.78 is 46.8. The summed E-state index contributed by atoms with van der Waals surface area (Å²) in [7, 11) is -3.77. The molecule has 0 saturated heterocycles. The number of rotatable bonds is 6. The number of ether oxygens (including phenoxy) is 2. The maximum Gasteiger partial charge on any atom is 0.251 e. The molecule has 152 valence electrons. The van der Waals surface area contributed by atoms with Crippen LogP contribution in [0.3, 0.4) is 0 Å². The SMILES string of the molecule is O=C(NCCNS(=O)(=O)c1cccc2nsnc12)c1ccc2c(c1)OCCCO2. The Balaban J connectivity index is 1.35. The highest BCUT2D eigenvalue weighted by Gasteiger charge is 2.19. The van der Waals surface area contributed by atoms with Gasteiger partial charge >= 0.3 is 0 Å². The van der Waals surface area contributed by atoms with E-state index in [9.17, 15) is 13.2 Å². The summed E-state index contributed by atoms with van der Waals surface area (Å²) >= 11 is 0.956. The summed E-state index contributed by atoms with van der Waals surface area (Å²) in [6, 6.07) is 9.75. The Labute approximate surface area is 171 Å². The van der Waals surface area contributed by atoms with Gasteiger partial charge in [-0.2, -0.15) is 8.75 Å². The monoisotopic (exact) mass is 434 g/mol. The van der Waals surface area contributed by atoms with E-state index in [1.165, 1.54) is 6.07 Å². The second kappa shape index (κ2) is 8.31. The zero-order valence-corrected chi connectivity index (χ0v) is 16.9. The molecular formula is C18H18N4O5S2. The Kier molecular flexibility index (Phi) is 5.60. The van der Waals surface area contributed by atoms with Crippen molar-refractivity contribution < 1.29 is 22.7 Å². The van der Waals surface area contributed by atoms with Crippen LogP contribution in [0.4, 0.5) is 0 Å². The predicted molar refractivity (Wildman–Crippen MR) is 107 cm³/mol. The van der Waals surface area contributed by atoms with Gasteiger partial charge in [0.25, 0.3) is 5.91 Å². The van der Waals surface area contributed by atoms with E-state index in [1.54, 1.807) is 30.3 Å². The molecule has 1 aromatic heterocycles. The molecule has 0 spiro atoms. The van der Waals surface area contributed by atoms with E-state index in [0.717, 1.165) is 18.1 Å². The number of fused-ring (bicyclic) bond motifs is 2. The lowest BCUT2D eigenvalue weighted by Crippen LogP contribution is -2.34. The third kappa shape index (κ3) is 4.31. The molecule has 4 rings (SSSR count). The number of benzene rings is 2. The first kappa shape index (κ1) is 19.6. The molecule has 2 aromatic carbocycles. The number of carbonyl (C=O) groups excluding carboxylic acids is 1. The van der Waals surface area contributed by atoms with E-state index in [1.807, 2.05) is 0 Å². The minimum atomic E-state index is -3.77. The molecule has 1 amide bonds. The Morgan fingerprint density at radius 2 is 1.90 bits per heavy atom. The minimum Gasteiger partial charge on any atom is -0.490 e. The number of carbonyl (C=O) groups is 1. The molecule has 0 atom stereocenters. The van der Waals surface area contributed by atoms with Crippen LogP contribution >= 0.6 is 11.7 Å². The quantitative estimate of drug-likeness (QED) is 0.565. The lowest BCUT2D eigenvalue weighted by atomic mass is 10.2. The smallest absolute Gasteiger partial charge is 0.251 e. The predicted octanol–water partition coefficient (Wildman–Crippen LogP) is 1.56. The van der Waals surface area contributed by atoms with Gasteiger partial charge in [0.15, 0.2) is 11.5 Å². The zero-order valence-electron chi connectivity index (χ0n) is 15.3. The van der Waals surface area contributed by atoms with Gasteiger partial charge in [-0.25, -0.2) is 13.1 Å². The average molecular weight is 434 g/mol. The third-order valence-electron chi connectivity index (χ3n) is 4.25. The van der Waals surface area contributed by atoms with Crippen LogP contribution in [0.2, 0.25) is 0 Å². The first-order valence-electron chi connectivity index (χ1n) is 8.93. The standard InChI is InChI=1S/C18H18N4O5S2/c23-18(12-5-6-14-15(11-12)27-10-2-9-26-14)19-7-8-20-29(24,25)16-4-1-3-13-17(16)22-28-21-13/h1,3-6,11,20H,2,7-10H2,(H,19,23). The Morgan fingerprint density at radius 1 is 1.07 bits per heavy atom. The van der Waals surface area contributed by atoms with Gasteiger partial charge in [0.1, 0.15) is 15.9 Å². The molecule has 1 aliphatic rings. The third-order valence-corrected chi connectivity index (χ3v) is 6.29. The summed E-state index contributed by atoms with van der Waals surface area (Å²) in [5.74, 6) is 0.809.